The van der Waals surface area contributed by atoms with Crippen molar-refractivity contribution in [3.8, 4) is 5.75 Å². The number of hydrogen-bond donors (Lipinski definition) is 2. The smallest absolute Gasteiger partial charge is 0.254 e. The Kier molecular flexibility index (Phi) is 6.37. The second-order valence-electron chi connectivity index (χ2n) is 6.26. The molecule has 1 aromatic carbocycles. The molecule has 24 heavy (non-hydrogen) atoms. The number of aliphatic hydroxyl groups is 2. The number of benzene rings is 1. The zero-order valence-corrected chi connectivity index (χ0v) is 15.4. The average Bonchev–Trinajstić information content (AvgIpc) is 2.56. The normalized spacial score (nSPS) is 24.1. The van der Waals surface area contributed by atoms with Gasteiger partial charge in [0.2, 0.25) is 0 Å². The number of β-amino-alcohol motifs (C(OH)–C–C–N with tert-alkyl or cyclic N) is 1. The molecule has 134 valence electrons. The van der Waals surface area contributed by atoms with E-state index in [0.29, 0.717) is 24.3 Å². The summed E-state index contributed by atoms with van der Waals surface area (Å²) in [5.41, 5.74) is -0.175. The van der Waals surface area contributed by atoms with E-state index >= 15 is 0 Å². The number of hydrogen-bond acceptors (Lipinski definition) is 4. The third-order valence-electron chi connectivity index (χ3n) is 4.78. The highest BCUT2D eigenvalue weighted by Crippen LogP contribution is 2.38. The van der Waals surface area contributed by atoms with Gasteiger partial charge in [-0.05, 0) is 25.0 Å². The SMILES string of the molecule is CCC[C@]1(CO)CCN(C(=O)c2cc(Cl)c(OC)c(Cl)c2)C[C@H]1O. The molecule has 0 aliphatic carbocycles. The van der Waals surface area contributed by atoms with Crippen LogP contribution in [0.3, 0.4) is 0 Å². The molecule has 5 nitrogen and oxygen atoms in total. The molecule has 0 radical (unpaired) electrons. The lowest BCUT2D eigenvalue weighted by molar-refractivity contribution is -0.0713. The van der Waals surface area contributed by atoms with Crippen LogP contribution in [0.1, 0.15) is 36.5 Å². The first kappa shape index (κ1) is 19.3. The van der Waals surface area contributed by atoms with Gasteiger partial charge in [0.05, 0.1) is 29.9 Å². The van der Waals surface area contributed by atoms with Crippen molar-refractivity contribution in [2.45, 2.75) is 32.3 Å². The van der Waals surface area contributed by atoms with E-state index in [9.17, 15) is 15.0 Å². The van der Waals surface area contributed by atoms with Gasteiger partial charge in [-0.3, -0.25) is 4.79 Å². The number of carbonyl (C=O) groups is 1. The fourth-order valence-corrected chi connectivity index (χ4v) is 3.96. The Morgan fingerprint density at radius 3 is 2.50 bits per heavy atom. The molecule has 1 fully saturated rings. The number of methoxy groups -OCH3 is 1. The average molecular weight is 376 g/mol. The maximum absolute atomic E-state index is 12.7. The fourth-order valence-electron chi connectivity index (χ4n) is 3.32. The van der Waals surface area contributed by atoms with Gasteiger partial charge < -0.3 is 19.8 Å². The van der Waals surface area contributed by atoms with E-state index in [2.05, 4.69) is 0 Å². The molecule has 0 unspecified atom stereocenters. The molecule has 1 amide bonds. The highest BCUT2D eigenvalue weighted by Gasteiger charge is 2.42. The number of halogens is 2. The lowest BCUT2D eigenvalue weighted by atomic mass is 9.73. The first-order chi connectivity index (χ1) is 11.4. The second kappa shape index (κ2) is 7.91. The van der Waals surface area contributed by atoms with Crippen molar-refractivity contribution in [1.82, 2.24) is 4.90 Å². The van der Waals surface area contributed by atoms with E-state index in [1.54, 1.807) is 4.90 Å². The first-order valence-corrected chi connectivity index (χ1v) is 8.75. The Balaban J connectivity index is 2.18. The Morgan fingerprint density at radius 2 is 2.04 bits per heavy atom. The Labute approximate surface area is 152 Å². The van der Waals surface area contributed by atoms with Gasteiger partial charge >= 0.3 is 0 Å². The van der Waals surface area contributed by atoms with Crippen LogP contribution in [0.4, 0.5) is 0 Å². The molecule has 0 aromatic heterocycles. The number of amides is 1. The molecular weight excluding hydrogens is 353 g/mol. The number of piperidine rings is 1. The number of ether oxygens (including phenoxy) is 1. The van der Waals surface area contributed by atoms with Crippen molar-refractivity contribution < 1.29 is 19.7 Å². The van der Waals surface area contributed by atoms with Gasteiger partial charge in [0, 0.05) is 24.1 Å². The highest BCUT2D eigenvalue weighted by molar-refractivity contribution is 6.37. The third kappa shape index (κ3) is 3.64. The Morgan fingerprint density at radius 1 is 1.42 bits per heavy atom. The number of carbonyl (C=O) groups excluding carboxylic acids is 1. The summed E-state index contributed by atoms with van der Waals surface area (Å²) >= 11 is 12.2. The van der Waals surface area contributed by atoms with Crippen molar-refractivity contribution >= 4 is 29.1 Å². The summed E-state index contributed by atoms with van der Waals surface area (Å²) in [6.07, 6.45) is 1.40. The van der Waals surface area contributed by atoms with Crippen molar-refractivity contribution in [1.29, 1.82) is 0 Å². The molecule has 1 heterocycles. The van der Waals surface area contributed by atoms with Crippen LogP contribution in [0.2, 0.25) is 10.0 Å². The largest absolute Gasteiger partial charge is 0.494 e. The summed E-state index contributed by atoms with van der Waals surface area (Å²) in [5.74, 6) is 0.0827. The van der Waals surface area contributed by atoms with Crippen molar-refractivity contribution in [2.75, 3.05) is 26.8 Å². The standard InChI is InChI=1S/C17H23Cl2NO4/c1-3-4-17(10-21)5-6-20(9-14(17)22)16(23)11-7-12(18)15(24-2)13(19)8-11/h7-8,14,21-22H,3-6,9-10H2,1-2H3/t14-,17-/m1/s1. The highest BCUT2D eigenvalue weighted by atomic mass is 35.5. The summed E-state index contributed by atoms with van der Waals surface area (Å²) in [6.45, 7) is 2.59. The van der Waals surface area contributed by atoms with Gasteiger partial charge in [0.1, 0.15) is 0 Å². The predicted octanol–water partition coefficient (Wildman–Crippen LogP) is 2.99. The summed E-state index contributed by atoms with van der Waals surface area (Å²) in [7, 11) is 1.46. The van der Waals surface area contributed by atoms with Crippen LogP contribution in [0.5, 0.6) is 5.75 Å². The van der Waals surface area contributed by atoms with E-state index in [0.717, 1.165) is 12.8 Å². The van der Waals surface area contributed by atoms with E-state index in [1.807, 2.05) is 6.92 Å². The molecule has 2 N–H and O–H groups in total. The van der Waals surface area contributed by atoms with Gasteiger partial charge in [-0.1, -0.05) is 36.5 Å². The van der Waals surface area contributed by atoms with Crippen LogP contribution in [0, 0.1) is 5.41 Å². The van der Waals surface area contributed by atoms with Crippen LogP contribution in [0.15, 0.2) is 12.1 Å². The van der Waals surface area contributed by atoms with E-state index in [4.69, 9.17) is 27.9 Å². The van der Waals surface area contributed by atoms with Crippen molar-refractivity contribution in [3.63, 3.8) is 0 Å². The lowest BCUT2D eigenvalue weighted by Crippen LogP contribution is -2.54. The maximum atomic E-state index is 12.7. The topological polar surface area (TPSA) is 70.0 Å². The molecule has 2 atom stereocenters. The number of likely N-dealkylation sites (tertiary alicyclic amines) is 1. The summed E-state index contributed by atoms with van der Waals surface area (Å²) in [4.78, 5) is 14.3. The molecule has 1 saturated heterocycles. The summed E-state index contributed by atoms with van der Waals surface area (Å²) < 4.78 is 5.09. The molecule has 1 aliphatic rings. The third-order valence-corrected chi connectivity index (χ3v) is 5.34. The monoisotopic (exact) mass is 375 g/mol. The molecule has 7 heteroatoms. The van der Waals surface area contributed by atoms with Crippen LogP contribution in [-0.2, 0) is 0 Å². The van der Waals surface area contributed by atoms with Crippen LogP contribution >= 0.6 is 23.2 Å². The quantitative estimate of drug-likeness (QED) is 0.829. The summed E-state index contributed by atoms with van der Waals surface area (Å²) in [5, 5.41) is 20.7. The molecule has 0 saturated carbocycles. The fraction of sp³-hybridized carbons (Fsp3) is 0.588. The van der Waals surface area contributed by atoms with Crippen LogP contribution in [0.25, 0.3) is 0 Å². The number of aliphatic hydroxyl groups excluding tert-OH is 2. The zero-order chi connectivity index (χ0) is 17.9. The molecule has 1 aliphatic heterocycles. The van der Waals surface area contributed by atoms with Gasteiger partial charge in [0.15, 0.2) is 5.75 Å². The van der Waals surface area contributed by atoms with Crippen LogP contribution in [-0.4, -0.2) is 53.9 Å². The minimum atomic E-state index is -0.760. The minimum Gasteiger partial charge on any atom is -0.494 e. The van der Waals surface area contributed by atoms with Crippen LogP contribution < -0.4 is 4.74 Å². The van der Waals surface area contributed by atoms with E-state index in [-0.39, 0.29) is 29.1 Å². The van der Waals surface area contributed by atoms with Crippen molar-refractivity contribution in [2.24, 2.45) is 5.41 Å². The van der Waals surface area contributed by atoms with E-state index < -0.39 is 11.5 Å². The number of rotatable bonds is 5. The molecule has 1 aromatic rings. The first-order valence-electron chi connectivity index (χ1n) is 7.99. The predicted molar refractivity (Wildman–Crippen MR) is 94.0 cm³/mol. The maximum Gasteiger partial charge on any atom is 0.254 e. The van der Waals surface area contributed by atoms with Gasteiger partial charge in [0.25, 0.3) is 5.91 Å². The van der Waals surface area contributed by atoms with Crippen molar-refractivity contribution in [3.05, 3.63) is 27.7 Å². The minimum absolute atomic E-state index is 0.0791. The lowest BCUT2D eigenvalue weighted by Gasteiger charge is -2.44. The molecule has 2 rings (SSSR count). The van der Waals surface area contributed by atoms with Gasteiger partial charge in [-0.2, -0.15) is 0 Å². The van der Waals surface area contributed by atoms with E-state index in [1.165, 1.54) is 19.2 Å². The zero-order valence-electron chi connectivity index (χ0n) is 13.9. The summed E-state index contributed by atoms with van der Waals surface area (Å²) in [6, 6.07) is 3.03. The molecule has 0 spiro atoms. The molecule has 0 bridgehead atoms. The second-order valence-corrected chi connectivity index (χ2v) is 7.07. The number of nitrogens with zero attached hydrogens (tertiary/aromatic N) is 1. The van der Waals surface area contributed by atoms with Gasteiger partial charge in [-0.25, -0.2) is 0 Å². The van der Waals surface area contributed by atoms with Gasteiger partial charge in [-0.15, -0.1) is 0 Å². The Bertz CT molecular complexity index is 587. The Hall–Kier alpha value is -1.01. The molecular formula is C17H23Cl2NO4.